The number of esters is 1. The van der Waals surface area contributed by atoms with Crippen molar-refractivity contribution >= 4 is 5.97 Å². The zero-order chi connectivity index (χ0) is 13.2. The molecule has 3 nitrogen and oxygen atoms in total. The molecule has 2 aliphatic rings. The van der Waals surface area contributed by atoms with Crippen molar-refractivity contribution in [2.45, 2.75) is 76.8 Å². The van der Waals surface area contributed by atoms with E-state index in [2.05, 4.69) is 19.2 Å². The average molecular weight is 253 g/mol. The van der Waals surface area contributed by atoms with Gasteiger partial charge in [0.2, 0.25) is 0 Å². The highest BCUT2D eigenvalue weighted by molar-refractivity contribution is 5.82. The van der Waals surface area contributed by atoms with Gasteiger partial charge in [-0.2, -0.15) is 0 Å². The second kappa shape index (κ2) is 5.20. The lowest BCUT2D eigenvalue weighted by Crippen LogP contribution is -2.65. The summed E-state index contributed by atoms with van der Waals surface area (Å²) in [6, 6.07) is 0.501. The summed E-state index contributed by atoms with van der Waals surface area (Å²) in [5, 5.41) is 3.70. The Morgan fingerprint density at radius 3 is 2.28 bits per heavy atom. The smallest absolute Gasteiger partial charge is 0.326 e. The van der Waals surface area contributed by atoms with Crippen molar-refractivity contribution in [2.75, 3.05) is 7.11 Å². The lowest BCUT2D eigenvalue weighted by Gasteiger charge is -2.49. The summed E-state index contributed by atoms with van der Waals surface area (Å²) in [6.07, 6.45) is 9.34. The van der Waals surface area contributed by atoms with Crippen molar-refractivity contribution < 1.29 is 9.53 Å². The highest BCUT2D eigenvalue weighted by atomic mass is 16.5. The van der Waals surface area contributed by atoms with E-state index in [1.54, 1.807) is 0 Å². The number of methoxy groups -OCH3 is 1. The molecule has 2 rings (SSSR count). The minimum Gasteiger partial charge on any atom is -0.468 e. The third-order valence-electron chi connectivity index (χ3n) is 5.10. The highest BCUT2D eigenvalue weighted by Gasteiger charge is 2.53. The maximum absolute atomic E-state index is 12.4. The number of carbonyl (C=O) groups excluding carboxylic acids is 1. The standard InChI is InChI=1S/C15H27NO2/c1-14(2)10-6-7-11-15(14,13(17)18-3)16-12-8-4-5-9-12/h12,16H,4-11H2,1-3H3. The monoisotopic (exact) mass is 253 g/mol. The van der Waals surface area contributed by atoms with E-state index in [0.717, 1.165) is 19.3 Å². The number of carbonyl (C=O) groups is 1. The molecule has 1 N–H and O–H groups in total. The van der Waals surface area contributed by atoms with Crippen molar-refractivity contribution in [1.82, 2.24) is 5.32 Å². The minimum absolute atomic E-state index is 0.0130. The molecule has 0 aromatic carbocycles. The Hall–Kier alpha value is -0.570. The van der Waals surface area contributed by atoms with Crippen LogP contribution in [0, 0.1) is 5.41 Å². The first-order chi connectivity index (χ1) is 8.52. The molecule has 2 saturated carbocycles. The van der Waals surface area contributed by atoms with Crippen molar-refractivity contribution in [2.24, 2.45) is 5.41 Å². The predicted molar refractivity (Wildman–Crippen MR) is 72.4 cm³/mol. The Kier molecular flexibility index (Phi) is 4.00. The van der Waals surface area contributed by atoms with E-state index in [1.165, 1.54) is 39.2 Å². The minimum atomic E-state index is -0.463. The topological polar surface area (TPSA) is 38.3 Å². The van der Waals surface area contributed by atoms with Gasteiger partial charge in [-0.15, -0.1) is 0 Å². The van der Waals surface area contributed by atoms with Gasteiger partial charge in [-0.25, -0.2) is 0 Å². The SMILES string of the molecule is COC(=O)C1(NC2CCCC2)CCCCC1(C)C. The van der Waals surface area contributed by atoms with Gasteiger partial charge in [-0.1, -0.05) is 39.5 Å². The molecule has 2 fully saturated rings. The molecule has 0 aromatic heterocycles. The van der Waals surface area contributed by atoms with Gasteiger partial charge in [-0.3, -0.25) is 10.1 Å². The van der Waals surface area contributed by atoms with Crippen LogP contribution in [-0.4, -0.2) is 24.7 Å². The molecule has 0 saturated heterocycles. The third kappa shape index (κ3) is 2.29. The molecular weight excluding hydrogens is 226 g/mol. The molecule has 1 atom stereocenters. The average Bonchev–Trinajstić information content (AvgIpc) is 2.83. The normalized spacial score (nSPS) is 32.4. The fourth-order valence-electron chi connectivity index (χ4n) is 3.81. The summed E-state index contributed by atoms with van der Waals surface area (Å²) in [5.74, 6) is -0.0564. The van der Waals surface area contributed by atoms with E-state index in [4.69, 9.17) is 4.74 Å². The molecule has 0 aliphatic heterocycles. The molecule has 18 heavy (non-hydrogen) atoms. The first-order valence-electron chi connectivity index (χ1n) is 7.38. The van der Waals surface area contributed by atoms with Crippen molar-refractivity contribution in [1.29, 1.82) is 0 Å². The highest BCUT2D eigenvalue weighted by Crippen LogP contribution is 2.45. The Morgan fingerprint density at radius 2 is 1.72 bits per heavy atom. The van der Waals surface area contributed by atoms with Crippen LogP contribution in [0.1, 0.15) is 65.2 Å². The number of hydrogen-bond donors (Lipinski definition) is 1. The number of ether oxygens (including phenoxy) is 1. The van der Waals surface area contributed by atoms with Gasteiger partial charge in [0, 0.05) is 6.04 Å². The summed E-state index contributed by atoms with van der Waals surface area (Å²) in [7, 11) is 1.52. The van der Waals surface area contributed by atoms with Gasteiger partial charge in [-0.05, 0) is 31.1 Å². The van der Waals surface area contributed by atoms with Crippen LogP contribution in [0.3, 0.4) is 0 Å². The number of hydrogen-bond acceptors (Lipinski definition) is 3. The first kappa shape index (κ1) is 13.9. The summed E-state index contributed by atoms with van der Waals surface area (Å²) in [5.41, 5.74) is -0.476. The van der Waals surface area contributed by atoms with Crippen LogP contribution in [0.2, 0.25) is 0 Å². The van der Waals surface area contributed by atoms with Crippen LogP contribution in [0.5, 0.6) is 0 Å². The Balaban J connectivity index is 2.23. The fraction of sp³-hybridized carbons (Fsp3) is 0.933. The van der Waals surface area contributed by atoms with Crippen LogP contribution in [0.25, 0.3) is 0 Å². The van der Waals surface area contributed by atoms with E-state index in [1.807, 2.05) is 0 Å². The van der Waals surface area contributed by atoms with Crippen molar-refractivity contribution in [3.63, 3.8) is 0 Å². The summed E-state index contributed by atoms with van der Waals surface area (Å²) < 4.78 is 5.14. The molecule has 0 bridgehead atoms. The molecule has 3 heteroatoms. The van der Waals surface area contributed by atoms with E-state index >= 15 is 0 Å². The van der Waals surface area contributed by atoms with E-state index in [-0.39, 0.29) is 11.4 Å². The van der Waals surface area contributed by atoms with Crippen LogP contribution in [-0.2, 0) is 9.53 Å². The Morgan fingerprint density at radius 1 is 1.11 bits per heavy atom. The second-order valence-corrected chi connectivity index (χ2v) is 6.61. The summed E-state index contributed by atoms with van der Waals surface area (Å²) >= 11 is 0. The fourth-order valence-corrected chi connectivity index (χ4v) is 3.81. The van der Waals surface area contributed by atoms with Crippen molar-refractivity contribution in [3.05, 3.63) is 0 Å². The predicted octanol–water partition coefficient (Wildman–Crippen LogP) is 3.03. The van der Waals surface area contributed by atoms with E-state index < -0.39 is 5.54 Å². The van der Waals surface area contributed by atoms with Gasteiger partial charge in [0.25, 0.3) is 0 Å². The Bertz CT molecular complexity index is 308. The van der Waals surface area contributed by atoms with Crippen LogP contribution >= 0.6 is 0 Å². The molecule has 0 heterocycles. The lowest BCUT2D eigenvalue weighted by atomic mass is 9.62. The van der Waals surface area contributed by atoms with Gasteiger partial charge < -0.3 is 4.74 Å². The van der Waals surface area contributed by atoms with Gasteiger partial charge >= 0.3 is 5.97 Å². The molecule has 104 valence electrons. The molecule has 0 spiro atoms. The summed E-state index contributed by atoms with van der Waals surface area (Å²) in [6.45, 7) is 4.43. The summed E-state index contributed by atoms with van der Waals surface area (Å²) in [4.78, 5) is 12.4. The zero-order valence-corrected chi connectivity index (χ0v) is 12.1. The zero-order valence-electron chi connectivity index (χ0n) is 12.1. The molecular formula is C15H27NO2. The number of rotatable bonds is 3. The number of nitrogens with one attached hydrogen (secondary N) is 1. The van der Waals surface area contributed by atoms with Gasteiger partial charge in [0.1, 0.15) is 5.54 Å². The van der Waals surface area contributed by atoms with E-state index in [9.17, 15) is 4.79 Å². The van der Waals surface area contributed by atoms with Gasteiger partial charge in [0.15, 0.2) is 0 Å². The van der Waals surface area contributed by atoms with Crippen LogP contribution < -0.4 is 5.32 Å². The Labute approximate surface area is 111 Å². The van der Waals surface area contributed by atoms with Crippen LogP contribution in [0.15, 0.2) is 0 Å². The molecule has 2 aliphatic carbocycles. The van der Waals surface area contributed by atoms with Crippen LogP contribution in [0.4, 0.5) is 0 Å². The molecule has 0 aromatic rings. The third-order valence-corrected chi connectivity index (χ3v) is 5.10. The molecule has 0 amide bonds. The van der Waals surface area contributed by atoms with Crippen molar-refractivity contribution in [3.8, 4) is 0 Å². The van der Waals surface area contributed by atoms with Gasteiger partial charge in [0.05, 0.1) is 7.11 Å². The van der Waals surface area contributed by atoms with E-state index in [0.29, 0.717) is 6.04 Å². The first-order valence-corrected chi connectivity index (χ1v) is 7.38. The lowest BCUT2D eigenvalue weighted by molar-refractivity contribution is -0.157. The quantitative estimate of drug-likeness (QED) is 0.786. The maximum Gasteiger partial charge on any atom is 0.326 e. The largest absolute Gasteiger partial charge is 0.468 e. The molecule has 0 radical (unpaired) electrons. The molecule has 1 unspecified atom stereocenters. The maximum atomic E-state index is 12.4. The second-order valence-electron chi connectivity index (χ2n) is 6.61.